The van der Waals surface area contributed by atoms with Crippen LogP contribution in [0, 0.1) is 12.7 Å². The lowest BCUT2D eigenvalue weighted by Crippen LogP contribution is -2.56. The fraction of sp³-hybridized carbons (Fsp3) is 0.564. The first kappa shape index (κ1) is 39.3. The zero-order valence-electron chi connectivity index (χ0n) is 30.6. The van der Waals surface area contributed by atoms with Crippen LogP contribution in [0.15, 0.2) is 43.5 Å². The third-order valence-corrected chi connectivity index (χ3v) is 9.27. The molecule has 1 spiro atoms. The van der Waals surface area contributed by atoms with Crippen molar-refractivity contribution in [1.82, 2.24) is 20.5 Å². The van der Waals surface area contributed by atoms with Gasteiger partial charge in [-0.2, -0.15) is 0 Å². The molecule has 2 N–H and O–H groups in total. The largest absolute Gasteiger partial charge is 0.483 e. The van der Waals surface area contributed by atoms with Gasteiger partial charge in [0.2, 0.25) is 11.8 Å². The summed E-state index contributed by atoms with van der Waals surface area (Å²) in [5.41, 5.74) is -0.189. The van der Waals surface area contributed by atoms with Gasteiger partial charge in [-0.25, -0.2) is 19.0 Å². The van der Waals surface area contributed by atoms with Crippen molar-refractivity contribution in [1.29, 1.82) is 0 Å². The molecule has 278 valence electrons. The van der Waals surface area contributed by atoms with Crippen molar-refractivity contribution in [2.24, 2.45) is 0 Å². The summed E-state index contributed by atoms with van der Waals surface area (Å²) in [5.74, 6) is -1.48. The number of ether oxygens (including phenoxy) is 3. The minimum atomic E-state index is -1.03. The van der Waals surface area contributed by atoms with Crippen LogP contribution in [-0.2, 0) is 30.3 Å². The van der Waals surface area contributed by atoms with Crippen LogP contribution in [0.5, 0.6) is 5.75 Å². The fourth-order valence-corrected chi connectivity index (χ4v) is 6.87. The van der Waals surface area contributed by atoms with E-state index in [-0.39, 0.29) is 31.5 Å². The molecule has 4 atom stereocenters. The van der Waals surface area contributed by atoms with Crippen molar-refractivity contribution in [3.05, 3.63) is 60.6 Å². The van der Waals surface area contributed by atoms with E-state index in [4.69, 9.17) is 14.2 Å². The quantitative estimate of drug-likeness (QED) is 0.123. The molecule has 3 heterocycles. The summed E-state index contributed by atoms with van der Waals surface area (Å²) < 4.78 is 32.2. The van der Waals surface area contributed by atoms with Crippen LogP contribution in [0.4, 0.5) is 9.18 Å². The van der Waals surface area contributed by atoms with Gasteiger partial charge in [0, 0.05) is 17.4 Å². The van der Waals surface area contributed by atoms with Crippen molar-refractivity contribution >= 4 is 34.8 Å². The molecule has 2 aliphatic heterocycles. The first-order valence-electron chi connectivity index (χ1n) is 18.0. The molecule has 3 amide bonds. The lowest BCUT2D eigenvalue weighted by atomic mass is 9.87. The lowest BCUT2D eigenvalue weighted by Gasteiger charge is -2.36. The number of amides is 3. The molecule has 1 unspecified atom stereocenters. The number of hydrogen-bond donors (Lipinski definition) is 2. The highest BCUT2D eigenvalue weighted by Gasteiger charge is 2.53. The summed E-state index contributed by atoms with van der Waals surface area (Å²) in [6.07, 6.45) is 8.03. The topological polar surface area (TPSA) is 136 Å². The number of unbranched alkanes of at least 4 members (excludes halogenated alkanes) is 3. The number of likely N-dealkylation sites (tertiary alicyclic amines) is 1. The zero-order valence-corrected chi connectivity index (χ0v) is 30.6. The number of pyridine rings is 1. The Morgan fingerprint density at radius 1 is 1.10 bits per heavy atom. The van der Waals surface area contributed by atoms with Crippen LogP contribution >= 0.6 is 0 Å². The van der Waals surface area contributed by atoms with Crippen molar-refractivity contribution in [3.8, 4) is 5.75 Å². The molecule has 2 aromatic rings. The van der Waals surface area contributed by atoms with Gasteiger partial charge < -0.3 is 29.7 Å². The van der Waals surface area contributed by atoms with E-state index in [1.807, 2.05) is 12.1 Å². The molecular weight excluding hydrogens is 655 g/mol. The molecule has 0 aliphatic carbocycles. The summed E-state index contributed by atoms with van der Waals surface area (Å²) in [4.78, 5) is 60.6. The molecule has 0 radical (unpaired) electrons. The number of carbonyl (C=O) groups is 4. The van der Waals surface area contributed by atoms with E-state index in [9.17, 15) is 23.6 Å². The van der Waals surface area contributed by atoms with Crippen molar-refractivity contribution in [2.75, 3.05) is 13.2 Å². The number of alkyl carbamates (subject to hydrolysis) is 1. The maximum atomic E-state index is 14.7. The molecule has 51 heavy (non-hydrogen) atoms. The van der Waals surface area contributed by atoms with Gasteiger partial charge in [-0.3, -0.25) is 9.59 Å². The van der Waals surface area contributed by atoms with E-state index in [1.54, 1.807) is 46.8 Å². The second kappa shape index (κ2) is 17.2. The number of fused-ring (bicyclic) bond motifs is 3. The van der Waals surface area contributed by atoms with E-state index in [2.05, 4.69) is 28.8 Å². The van der Waals surface area contributed by atoms with Gasteiger partial charge >= 0.3 is 12.1 Å². The van der Waals surface area contributed by atoms with Crippen LogP contribution in [-0.4, -0.2) is 76.2 Å². The number of aryl methyl sites for hydroxylation is 2. The molecule has 11 nitrogen and oxygen atoms in total. The Bertz CT molecular complexity index is 1620. The molecule has 4 rings (SSSR count). The first-order valence-corrected chi connectivity index (χ1v) is 18.0. The predicted molar refractivity (Wildman–Crippen MR) is 193 cm³/mol. The fourth-order valence-electron chi connectivity index (χ4n) is 6.87. The lowest BCUT2D eigenvalue weighted by molar-refractivity contribution is -0.148. The maximum absolute atomic E-state index is 14.7. The normalized spacial score (nSPS) is 19.4. The number of para-hydroxylation sites is 1. The zero-order chi connectivity index (χ0) is 37.3. The van der Waals surface area contributed by atoms with Gasteiger partial charge in [-0.1, -0.05) is 37.1 Å². The van der Waals surface area contributed by atoms with Crippen LogP contribution in [0.2, 0.25) is 0 Å². The number of esters is 1. The molecule has 1 aromatic carbocycles. The van der Waals surface area contributed by atoms with Crippen LogP contribution in [0.3, 0.4) is 0 Å². The Labute approximate surface area is 300 Å². The monoisotopic (exact) mass is 708 g/mol. The van der Waals surface area contributed by atoms with Crippen molar-refractivity contribution < 1.29 is 37.8 Å². The summed E-state index contributed by atoms with van der Waals surface area (Å²) in [6, 6.07) is 1.85. The van der Waals surface area contributed by atoms with Gasteiger partial charge in [0.1, 0.15) is 46.4 Å². The Hall–Kier alpha value is -4.48. The van der Waals surface area contributed by atoms with E-state index < -0.39 is 59.0 Å². The average molecular weight is 709 g/mol. The maximum Gasteiger partial charge on any atom is 0.408 e. The van der Waals surface area contributed by atoms with Gasteiger partial charge in [0.25, 0.3) is 0 Å². The summed E-state index contributed by atoms with van der Waals surface area (Å²) in [5, 5.41) is 6.26. The Balaban J connectivity index is 1.69. The smallest absolute Gasteiger partial charge is 0.408 e. The number of aromatic nitrogens is 1. The Morgan fingerprint density at radius 3 is 2.53 bits per heavy atom. The first-order chi connectivity index (χ1) is 24.2. The highest BCUT2D eigenvalue weighted by atomic mass is 19.1. The molecule has 1 aromatic heterocycles. The molecule has 0 bridgehead atoms. The third kappa shape index (κ3) is 9.86. The molecule has 12 heteroatoms. The van der Waals surface area contributed by atoms with Crippen molar-refractivity contribution in [2.45, 2.75) is 128 Å². The van der Waals surface area contributed by atoms with E-state index in [1.165, 1.54) is 11.0 Å². The number of halogens is 1. The molecule has 1 saturated heterocycles. The van der Waals surface area contributed by atoms with Crippen LogP contribution in [0.25, 0.3) is 10.9 Å². The number of rotatable bonds is 15. The number of allylic oxidation sites excluding steroid dienone is 2. The number of nitrogens with one attached hydrogen (secondary N) is 2. The van der Waals surface area contributed by atoms with E-state index in [0.29, 0.717) is 48.9 Å². The summed E-state index contributed by atoms with van der Waals surface area (Å²) in [6.45, 7) is 16.3. The van der Waals surface area contributed by atoms with E-state index in [0.717, 1.165) is 24.8 Å². The third-order valence-electron chi connectivity index (χ3n) is 9.27. The summed E-state index contributed by atoms with van der Waals surface area (Å²) in [7, 11) is 0. The van der Waals surface area contributed by atoms with Gasteiger partial charge in [0.15, 0.2) is 0 Å². The van der Waals surface area contributed by atoms with Crippen molar-refractivity contribution in [3.63, 3.8) is 0 Å². The summed E-state index contributed by atoms with van der Waals surface area (Å²) >= 11 is 0. The van der Waals surface area contributed by atoms with Gasteiger partial charge in [0.05, 0.1) is 18.8 Å². The number of hydrogen-bond acceptors (Lipinski definition) is 8. The van der Waals surface area contributed by atoms with Crippen LogP contribution in [0.1, 0.15) is 96.7 Å². The number of benzene rings is 1. The highest BCUT2D eigenvalue weighted by molar-refractivity contribution is 5.94. The average Bonchev–Trinajstić information content (AvgIpc) is 3.44. The standard InChI is InChI=1S/C39H53FN4O7/c1-8-11-13-14-15-20-29(43-37(48)51-38(5,6)7)35(46)44-24-39(23-31(44)34(45)42-30(19-12-9-2)36(47)49-10-3)22-21-27-26-17-16-18-28(40)32(26)41-25(4)33(27)50-39/h8-9,16-18,29-31H,1-2,10-15,19-24H2,3-7H3,(H,42,45)(H,43,48)/t29-,30?,31-,39+/m0/s1. The molecule has 0 saturated carbocycles. The number of carbonyl (C=O) groups excluding carboxylic acids is 4. The molecular formula is C39H53FN4O7. The Morgan fingerprint density at radius 2 is 1.84 bits per heavy atom. The minimum Gasteiger partial charge on any atom is -0.483 e. The predicted octanol–water partition coefficient (Wildman–Crippen LogP) is 6.39. The molecule has 2 aliphatic rings. The second-order valence-electron chi connectivity index (χ2n) is 14.4. The van der Waals surface area contributed by atoms with Gasteiger partial charge in [-0.15, -0.1) is 13.2 Å². The Kier molecular flexibility index (Phi) is 13.2. The SMILES string of the molecule is C=CCCCCC[C@H](NC(=O)OC(C)(C)C)C(=O)N1C[C@@]2(CCc3c(c(C)nc4c(F)cccc34)O2)C[C@H]1C(=O)NC(CCC=C)C(=O)OCC. The molecule has 1 fully saturated rings. The van der Waals surface area contributed by atoms with E-state index >= 15 is 0 Å². The number of nitrogens with zero attached hydrogens (tertiary/aromatic N) is 2. The van der Waals surface area contributed by atoms with Gasteiger partial charge in [-0.05, 0) is 85.6 Å². The van der Waals surface area contributed by atoms with Crippen LogP contribution < -0.4 is 15.4 Å². The highest BCUT2D eigenvalue weighted by Crippen LogP contribution is 2.45. The minimum absolute atomic E-state index is 0.0453. The second-order valence-corrected chi connectivity index (χ2v) is 14.4.